The molecule has 0 amide bonds. The third-order valence-corrected chi connectivity index (χ3v) is 6.68. The van der Waals surface area contributed by atoms with Crippen molar-refractivity contribution in [2.45, 2.75) is 13.1 Å². The summed E-state index contributed by atoms with van der Waals surface area (Å²) in [5.41, 5.74) is -0.870. The number of nitro benzene ring substituents is 1. The van der Waals surface area contributed by atoms with Crippen molar-refractivity contribution in [3.8, 4) is 0 Å². The topological polar surface area (TPSA) is 79.6 Å². The van der Waals surface area contributed by atoms with E-state index in [1.807, 2.05) is 30.0 Å². The summed E-state index contributed by atoms with van der Waals surface area (Å²) in [6, 6.07) is 6.69. The quantitative estimate of drug-likeness (QED) is 0.390. The van der Waals surface area contributed by atoms with Crippen LogP contribution in [0.1, 0.15) is 11.1 Å². The van der Waals surface area contributed by atoms with Gasteiger partial charge in [0.15, 0.2) is 5.13 Å². The maximum Gasteiger partial charge on any atom is 0.416 e. The highest BCUT2D eigenvalue weighted by Crippen LogP contribution is 2.38. The summed E-state index contributed by atoms with van der Waals surface area (Å²) >= 11 is 6.96. The number of fused-ring (bicyclic) bond motifs is 1. The van der Waals surface area contributed by atoms with Gasteiger partial charge < -0.3 is 9.80 Å². The van der Waals surface area contributed by atoms with E-state index >= 15 is 0 Å². The van der Waals surface area contributed by atoms with Gasteiger partial charge in [0.05, 0.1) is 15.9 Å². The SMILES string of the molecule is Cc1ccc(Cl)cc1N1CCN(c2nc(=O)c3cc(C(F)(F)F)cc([N+](=O)[O-])c3s2)CC1. The molecular weight excluding hydrogens is 469 g/mol. The number of anilines is 2. The molecule has 168 valence electrons. The van der Waals surface area contributed by atoms with Crippen molar-refractivity contribution in [1.82, 2.24) is 4.98 Å². The number of aromatic nitrogens is 1. The van der Waals surface area contributed by atoms with Crippen molar-refractivity contribution in [3.63, 3.8) is 0 Å². The van der Waals surface area contributed by atoms with E-state index in [0.29, 0.717) is 43.3 Å². The fraction of sp³-hybridized carbons (Fsp3) is 0.300. The first kappa shape index (κ1) is 22.3. The molecule has 1 aliphatic rings. The van der Waals surface area contributed by atoms with Gasteiger partial charge >= 0.3 is 6.18 Å². The molecule has 2 aromatic carbocycles. The summed E-state index contributed by atoms with van der Waals surface area (Å²) in [5.74, 6) is 0. The number of hydrogen-bond acceptors (Lipinski definition) is 7. The van der Waals surface area contributed by atoms with E-state index in [1.54, 1.807) is 0 Å². The first-order chi connectivity index (χ1) is 15.0. The highest BCUT2D eigenvalue weighted by molar-refractivity contribution is 7.22. The average Bonchev–Trinajstić information content (AvgIpc) is 2.74. The zero-order chi connectivity index (χ0) is 23.2. The molecule has 0 aliphatic carbocycles. The van der Waals surface area contributed by atoms with Gasteiger partial charge in [-0.3, -0.25) is 14.9 Å². The van der Waals surface area contributed by atoms with E-state index in [0.717, 1.165) is 22.6 Å². The number of nitro groups is 1. The number of nitrogens with zero attached hydrogens (tertiary/aromatic N) is 4. The lowest BCUT2D eigenvalue weighted by molar-refractivity contribution is -0.383. The number of rotatable bonds is 3. The smallest absolute Gasteiger partial charge is 0.368 e. The third kappa shape index (κ3) is 4.22. The molecule has 0 atom stereocenters. The highest BCUT2D eigenvalue weighted by Gasteiger charge is 2.34. The van der Waals surface area contributed by atoms with Crippen molar-refractivity contribution in [3.05, 3.63) is 66.9 Å². The molecule has 1 aromatic heterocycles. The largest absolute Gasteiger partial charge is 0.416 e. The van der Waals surface area contributed by atoms with Gasteiger partial charge in [-0.15, -0.1) is 0 Å². The molecule has 4 rings (SSSR count). The maximum absolute atomic E-state index is 13.1. The zero-order valence-electron chi connectivity index (χ0n) is 16.6. The molecule has 0 bridgehead atoms. The molecule has 2 heterocycles. The fourth-order valence-electron chi connectivity index (χ4n) is 3.64. The van der Waals surface area contributed by atoms with Crippen LogP contribution in [0.15, 0.2) is 35.1 Å². The van der Waals surface area contributed by atoms with Crippen LogP contribution >= 0.6 is 22.9 Å². The van der Waals surface area contributed by atoms with E-state index < -0.39 is 33.3 Å². The second kappa shape index (κ2) is 8.21. The van der Waals surface area contributed by atoms with Gasteiger partial charge in [-0.1, -0.05) is 29.0 Å². The van der Waals surface area contributed by atoms with Gasteiger partial charge in [-0.2, -0.15) is 18.2 Å². The minimum Gasteiger partial charge on any atom is -0.368 e. The summed E-state index contributed by atoms with van der Waals surface area (Å²) in [6.07, 6.45) is -4.82. The summed E-state index contributed by atoms with van der Waals surface area (Å²) in [7, 11) is 0. The van der Waals surface area contributed by atoms with Crippen LogP contribution in [-0.2, 0) is 6.18 Å². The number of benzene rings is 2. The van der Waals surface area contributed by atoms with Crippen LogP contribution in [-0.4, -0.2) is 36.1 Å². The van der Waals surface area contributed by atoms with Crippen LogP contribution in [0.25, 0.3) is 10.1 Å². The lowest BCUT2D eigenvalue weighted by atomic mass is 10.1. The van der Waals surface area contributed by atoms with Gasteiger partial charge in [0.25, 0.3) is 11.2 Å². The molecule has 3 aromatic rings. The minimum absolute atomic E-state index is 0.119. The van der Waals surface area contributed by atoms with Crippen molar-refractivity contribution >= 4 is 49.5 Å². The van der Waals surface area contributed by atoms with E-state index in [4.69, 9.17) is 11.6 Å². The summed E-state index contributed by atoms with van der Waals surface area (Å²) in [5, 5.41) is 11.9. The number of hydrogen-bond donors (Lipinski definition) is 0. The molecule has 0 N–H and O–H groups in total. The Bertz CT molecular complexity index is 1270. The Kier molecular flexibility index (Phi) is 5.72. The summed E-state index contributed by atoms with van der Waals surface area (Å²) in [6.45, 7) is 4.13. The molecule has 1 fully saturated rings. The molecule has 1 saturated heterocycles. The Labute approximate surface area is 188 Å². The van der Waals surface area contributed by atoms with Crippen LogP contribution in [0.5, 0.6) is 0 Å². The number of aryl methyl sites for hydroxylation is 1. The Morgan fingerprint density at radius 2 is 1.78 bits per heavy atom. The van der Waals surface area contributed by atoms with Crippen molar-refractivity contribution in [1.29, 1.82) is 0 Å². The molecule has 0 unspecified atom stereocenters. The Hall–Kier alpha value is -2.92. The predicted molar refractivity (Wildman–Crippen MR) is 118 cm³/mol. The monoisotopic (exact) mass is 484 g/mol. The fourth-order valence-corrected chi connectivity index (χ4v) is 4.92. The standard InChI is InChI=1S/C20H16ClF3N4O3S/c1-11-2-3-13(21)10-15(11)26-4-6-27(7-5-26)19-25-18(29)14-8-12(20(22,23)24)9-16(28(30)31)17(14)32-19/h2-3,8-10H,4-7H2,1H3. The normalized spacial score (nSPS) is 14.8. The third-order valence-electron chi connectivity index (χ3n) is 5.28. The highest BCUT2D eigenvalue weighted by atomic mass is 35.5. The number of piperazine rings is 1. The molecule has 12 heteroatoms. The first-order valence-electron chi connectivity index (χ1n) is 9.51. The Balaban J connectivity index is 1.67. The van der Waals surface area contributed by atoms with Gasteiger partial charge in [0, 0.05) is 43.0 Å². The zero-order valence-corrected chi connectivity index (χ0v) is 18.2. The van der Waals surface area contributed by atoms with Crippen molar-refractivity contribution in [2.75, 3.05) is 36.0 Å². The molecule has 0 saturated carbocycles. The summed E-state index contributed by atoms with van der Waals surface area (Å²) < 4.78 is 39.3. The number of alkyl halides is 3. The molecule has 7 nitrogen and oxygen atoms in total. The maximum atomic E-state index is 13.1. The van der Waals surface area contributed by atoms with Gasteiger partial charge in [-0.05, 0) is 30.7 Å². The lowest BCUT2D eigenvalue weighted by Crippen LogP contribution is -2.47. The van der Waals surface area contributed by atoms with E-state index in [9.17, 15) is 28.1 Å². The van der Waals surface area contributed by atoms with Crippen LogP contribution in [0, 0.1) is 17.0 Å². The van der Waals surface area contributed by atoms with Crippen LogP contribution < -0.4 is 15.4 Å². The number of non-ortho nitro benzene ring substituents is 1. The Morgan fingerprint density at radius 3 is 2.41 bits per heavy atom. The van der Waals surface area contributed by atoms with Crippen LogP contribution in [0.2, 0.25) is 5.02 Å². The number of halogens is 4. The molecule has 32 heavy (non-hydrogen) atoms. The molecular formula is C20H16ClF3N4O3S. The first-order valence-corrected chi connectivity index (χ1v) is 10.7. The second-order valence-corrected chi connectivity index (χ2v) is 8.75. The van der Waals surface area contributed by atoms with Crippen LogP contribution in [0.3, 0.4) is 0 Å². The van der Waals surface area contributed by atoms with Gasteiger partial charge in [0.1, 0.15) is 4.70 Å². The Morgan fingerprint density at radius 1 is 1.12 bits per heavy atom. The van der Waals surface area contributed by atoms with Gasteiger partial charge in [0.2, 0.25) is 0 Å². The average molecular weight is 485 g/mol. The molecule has 0 spiro atoms. The summed E-state index contributed by atoms with van der Waals surface area (Å²) in [4.78, 5) is 30.9. The minimum atomic E-state index is -4.82. The van der Waals surface area contributed by atoms with E-state index in [1.165, 1.54) is 0 Å². The molecule has 0 radical (unpaired) electrons. The van der Waals surface area contributed by atoms with E-state index in [2.05, 4.69) is 9.88 Å². The van der Waals surface area contributed by atoms with Crippen molar-refractivity contribution in [2.24, 2.45) is 0 Å². The van der Waals surface area contributed by atoms with Crippen molar-refractivity contribution < 1.29 is 18.1 Å². The lowest BCUT2D eigenvalue weighted by Gasteiger charge is -2.37. The van der Waals surface area contributed by atoms with Crippen LogP contribution in [0.4, 0.5) is 29.7 Å². The second-order valence-electron chi connectivity index (χ2n) is 7.33. The molecule has 1 aliphatic heterocycles. The van der Waals surface area contributed by atoms with E-state index in [-0.39, 0.29) is 9.83 Å². The van der Waals surface area contributed by atoms with Gasteiger partial charge in [-0.25, -0.2) is 0 Å². The predicted octanol–water partition coefficient (Wildman–Crippen LogP) is 4.87.